The molecule has 0 saturated heterocycles. The number of nitrogens with zero attached hydrogens (tertiary/aromatic N) is 2. The smallest absolute Gasteiger partial charge is 0.0922 e. The van der Waals surface area contributed by atoms with E-state index in [9.17, 15) is 0 Å². The van der Waals surface area contributed by atoms with Gasteiger partial charge >= 0.3 is 0 Å². The molecule has 0 aliphatic carbocycles. The van der Waals surface area contributed by atoms with E-state index in [-0.39, 0.29) is 0 Å². The van der Waals surface area contributed by atoms with E-state index in [2.05, 4.69) is 155 Å². The SMILES string of the molecule is CC.CC.Cc1ccc(-c2ccc3c(c2)c2ccccc2n3-c2ccccc2)cc1-c1ccc(NC=N/C=C\C=C/c2ccccc2)cc1. The Labute approximate surface area is 291 Å². The number of aliphatic imine (C=N–C) groups is 1. The van der Waals surface area contributed by atoms with Crippen molar-refractivity contribution < 1.29 is 0 Å². The van der Waals surface area contributed by atoms with Crippen LogP contribution < -0.4 is 5.32 Å². The predicted molar refractivity (Wildman–Crippen MR) is 216 cm³/mol. The third-order valence-corrected chi connectivity index (χ3v) is 8.13. The fourth-order valence-corrected chi connectivity index (χ4v) is 5.85. The van der Waals surface area contributed by atoms with E-state index < -0.39 is 0 Å². The molecule has 0 fully saturated rings. The minimum absolute atomic E-state index is 0.991. The van der Waals surface area contributed by atoms with Gasteiger partial charge in [0.15, 0.2) is 0 Å². The number of hydrogen-bond acceptors (Lipinski definition) is 1. The van der Waals surface area contributed by atoms with Crippen LogP contribution in [0.25, 0.3) is 55.8 Å². The molecule has 7 rings (SSSR count). The maximum atomic E-state index is 4.33. The van der Waals surface area contributed by atoms with E-state index in [1.165, 1.54) is 60.9 Å². The van der Waals surface area contributed by atoms with Crippen molar-refractivity contribution in [2.75, 3.05) is 5.32 Å². The van der Waals surface area contributed by atoms with Crippen molar-refractivity contribution >= 4 is 39.9 Å². The van der Waals surface area contributed by atoms with Crippen LogP contribution in [0.2, 0.25) is 0 Å². The highest BCUT2D eigenvalue weighted by molar-refractivity contribution is 6.10. The molecule has 1 N–H and O–H groups in total. The highest BCUT2D eigenvalue weighted by Crippen LogP contribution is 2.36. The van der Waals surface area contributed by atoms with Crippen LogP contribution in [0.15, 0.2) is 169 Å². The molecule has 6 aromatic carbocycles. The van der Waals surface area contributed by atoms with E-state index >= 15 is 0 Å². The second-order valence-corrected chi connectivity index (χ2v) is 11.1. The highest BCUT2D eigenvalue weighted by atomic mass is 15.0. The zero-order valence-electron chi connectivity index (χ0n) is 29.1. The number of hydrogen-bond donors (Lipinski definition) is 1. The van der Waals surface area contributed by atoms with Crippen molar-refractivity contribution in [2.45, 2.75) is 34.6 Å². The summed E-state index contributed by atoms with van der Waals surface area (Å²) >= 11 is 0. The van der Waals surface area contributed by atoms with Crippen molar-refractivity contribution in [1.82, 2.24) is 4.57 Å². The minimum atomic E-state index is 0.991. The van der Waals surface area contributed by atoms with E-state index in [0.29, 0.717) is 0 Å². The standard InChI is InChI=1S/C42H33N3.2C2H6/c1-31-19-20-34(35-23-26-42-40(29-35)38-17-8-9-18-41(38)45(42)37-15-6-3-7-16-37)28-39(31)33-21-24-36(25-22-33)44-30-43-27-11-10-14-32-12-4-2-5-13-32;2*1-2/h2-30H,1H3,(H,43,44);2*1-2H3/b14-10-,27-11-;;. The van der Waals surface area contributed by atoms with Gasteiger partial charge < -0.3 is 9.88 Å². The molecule has 0 unspecified atom stereocenters. The Morgan fingerprint density at radius 2 is 1.16 bits per heavy atom. The zero-order valence-corrected chi connectivity index (χ0v) is 29.1. The summed E-state index contributed by atoms with van der Waals surface area (Å²) in [6.07, 6.45) is 9.44. The summed E-state index contributed by atoms with van der Waals surface area (Å²) in [6, 6.07) is 51.6. The Morgan fingerprint density at radius 1 is 0.551 bits per heavy atom. The van der Waals surface area contributed by atoms with E-state index in [4.69, 9.17) is 0 Å². The van der Waals surface area contributed by atoms with Gasteiger partial charge in [-0.2, -0.15) is 0 Å². The normalized spacial score (nSPS) is 11.1. The molecule has 0 amide bonds. The van der Waals surface area contributed by atoms with Crippen LogP contribution in [0.4, 0.5) is 5.69 Å². The van der Waals surface area contributed by atoms with Crippen LogP contribution >= 0.6 is 0 Å². The van der Waals surface area contributed by atoms with Crippen molar-refractivity contribution in [3.8, 4) is 27.9 Å². The summed E-state index contributed by atoms with van der Waals surface area (Å²) < 4.78 is 2.36. The van der Waals surface area contributed by atoms with Gasteiger partial charge in [0.1, 0.15) is 0 Å². The first-order chi connectivity index (χ1) is 24.2. The summed E-state index contributed by atoms with van der Waals surface area (Å²) in [6.45, 7) is 10.2. The fourth-order valence-electron chi connectivity index (χ4n) is 5.85. The maximum Gasteiger partial charge on any atom is 0.0922 e. The fraction of sp³-hybridized carbons (Fsp3) is 0.109. The molecule has 244 valence electrons. The molecule has 0 aliphatic heterocycles. The molecule has 0 saturated carbocycles. The monoisotopic (exact) mass is 639 g/mol. The average molecular weight is 640 g/mol. The number of benzene rings is 6. The Hall–Kier alpha value is -5.93. The van der Waals surface area contributed by atoms with Crippen LogP contribution in [0.1, 0.15) is 38.8 Å². The van der Waals surface area contributed by atoms with Gasteiger partial charge in [0, 0.05) is 28.3 Å². The zero-order chi connectivity index (χ0) is 34.4. The average Bonchev–Trinajstić information content (AvgIpc) is 3.51. The lowest BCUT2D eigenvalue weighted by molar-refractivity contribution is 1.18. The van der Waals surface area contributed by atoms with E-state index in [1.807, 2.05) is 58.0 Å². The Kier molecular flexibility index (Phi) is 12.1. The third kappa shape index (κ3) is 8.14. The topological polar surface area (TPSA) is 29.3 Å². The molecule has 0 bridgehead atoms. The van der Waals surface area contributed by atoms with E-state index in [0.717, 1.165) is 5.69 Å². The van der Waals surface area contributed by atoms with Gasteiger partial charge in [0.2, 0.25) is 0 Å². The molecule has 0 aliphatic rings. The summed E-state index contributed by atoms with van der Waals surface area (Å²) in [5, 5.41) is 5.78. The van der Waals surface area contributed by atoms with Crippen LogP contribution in [-0.2, 0) is 0 Å². The van der Waals surface area contributed by atoms with E-state index in [1.54, 1.807) is 12.5 Å². The predicted octanol–water partition coefficient (Wildman–Crippen LogP) is 13.1. The van der Waals surface area contributed by atoms with Crippen molar-refractivity contribution in [3.05, 3.63) is 175 Å². The van der Waals surface area contributed by atoms with Crippen LogP contribution in [0.5, 0.6) is 0 Å². The molecule has 1 heterocycles. The van der Waals surface area contributed by atoms with Gasteiger partial charge in [-0.25, -0.2) is 4.99 Å². The molecular formula is C46H45N3. The van der Waals surface area contributed by atoms with Crippen LogP contribution in [0, 0.1) is 6.92 Å². The van der Waals surface area contributed by atoms with Crippen molar-refractivity contribution in [2.24, 2.45) is 4.99 Å². The minimum Gasteiger partial charge on any atom is -0.346 e. The van der Waals surface area contributed by atoms with Gasteiger partial charge in [-0.1, -0.05) is 137 Å². The number of allylic oxidation sites excluding steroid dienone is 2. The van der Waals surface area contributed by atoms with Gasteiger partial charge in [-0.15, -0.1) is 0 Å². The van der Waals surface area contributed by atoms with Gasteiger partial charge in [0.25, 0.3) is 0 Å². The number of fused-ring (bicyclic) bond motifs is 3. The van der Waals surface area contributed by atoms with Crippen LogP contribution in [0.3, 0.4) is 0 Å². The first-order valence-electron chi connectivity index (χ1n) is 17.2. The molecule has 3 nitrogen and oxygen atoms in total. The third-order valence-electron chi connectivity index (χ3n) is 8.13. The second kappa shape index (κ2) is 17.3. The molecule has 0 atom stereocenters. The molecule has 3 heteroatoms. The lowest BCUT2D eigenvalue weighted by Gasteiger charge is -2.11. The Morgan fingerprint density at radius 3 is 1.92 bits per heavy atom. The number of nitrogens with one attached hydrogen (secondary N) is 1. The molecule has 49 heavy (non-hydrogen) atoms. The number of anilines is 1. The first-order valence-corrected chi connectivity index (χ1v) is 17.2. The van der Waals surface area contributed by atoms with Gasteiger partial charge in [0.05, 0.1) is 17.4 Å². The second-order valence-electron chi connectivity index (χ2n) is 11.1. The lowest BCUT2D eigenvalue weighted by Crippen LogP contribution is -1.94. The Bertz CT molecular complexity index is 2170. The molecule has 0 radical (unpaired) electrons. The van der Waals surface area contributed by atoms with Crippen LogP contribution in [-0.4, -0.2) is 10.9 Å². The number of aromatic nitrogens is 1. The van der Waals surface area contributed by atoms with Crippen molar-refractivity contribution in [1.29, 1.82) is 0 Å². The summed E-state index contributed by atoms with van der Waals surface area (Å²) in [4.78, 5) is 4.33. The quantitative estimate of drug-likeness (QED) is 0.100. The van der Waals surface area contributed by atoms with Gasteiger partial charge in [-0.3, -0.25) is 0 Å². The largest absolute Gasteiger partial charge is 0.346 e. The highest BCUT2D eigenvalue weighted by Gasteiger charge is 2.13. The number of para-hydroxylation sites is 2. The molecule has 0 spiro atoms. The lowest BCUT2D eigenvalue weighted by atomic mass is 9.94. The van der Waals surface area contributed by atoms with Crippen molar-refractivity contribution in [3.63, 3.8) is 0 Å². The summed E-state index contributed by atoms with van der Waals surface area (Å²) in [5.74, 6) is 0. The first kappa shape index (κ1) is 34.4. The molecule has 1 aromatic heterocycles. The summed E-state index contributed by atoms with van der Waals surface area (Å²) in [7, 11) is 0. The maximum absolute atomic E-state index is 4.33. The molecular weight excluding hydrogens is 595 g/mol. The van der Waals surface area contributed by atoms with Gasteiger partial charge in [-0.05, 0) is 94.9 Å². The molecule has 7 aromatic rings. The summed E-state index contributed by atoms with van der Waals surface area (Å²) in [5.41, 5.74) is 11.8. The Balaban J connectivity index is 0.00000113. The number of aryl methyl sites for hydroxylation is 1. The number of rotatable bonds is 8.